The van der Waals surface area contributed by atoms with Gasteiger partial charge in [-0.3, -0.25) is 0 Å². The highest BCUT2D eigenvalue weighted by molar-refractivity contribution is 5.64. The van der Waals surface area contributed by atoms with Crippen LogP contribution in [0.25, 0.3) is 11.3 Å². The van der Waals surface area contributed by atoms with Gasteiger partial charge in [0, 0.05) is 31.3 Å². The van der Waals surface area contributed by atoms with E-state index in [2.05, 4.69) is 59.5 Å². The van der Waals surface area contributed by atoms with Crippen molar-refractivity contribution < 1.29 is 0 Å². The third-order valence-electron chi connectivity index (χ3n) is 4.53. The molecule has 1 aliphatic heterocycles. The highest BCUT2D eigenvalue weighted by Crippen LogP contribution is 2.25. The Hall–Kier alpha value is -2.14. The van der Waals surface area contributed by atoms with Crippen molar-refractivity contribution in [2.75, 3.05) is 50.5 Å². The fraction of sp³-hybridized carbons (Fsp3) is 0.500. The molecule has 0 spiro atoms. The zero-order chi connectivity index (χ0) is 17.5. The van der Waals surface area contributed by atoms with E-state index in [9.17, 15) is 0 Å². The second kappa shape index (κ2) is 8.81. The summed E-state index contributed by atoms with van der Waals surface area (Å²) >= 11 is 0. The lowest BCUT2D eigenvalue weighted by Gasteiger charge is -2.28. The largest absolute Gasteiger partial charge is 0.356 e. The van der Waals surface area contributed by atoms with Crippen LogP contribution < -0.4 is 10.2 Å². The average Bonchev–Trinajstić information content (AvgIpc) is 2.66. The summed E-state index contributed by atoms with van der Waals surface area (Å²) < 4.78 is 0. The van der Waals surface area contributed by atoms with Crippen LogP contribution in [0.2, 0.25) is 0 Å². The standard InChI is InChI=1S/C20H29N5/c1-24(2)13-9-12-21-20-22-18(17-10-5-3-6-11-17)16-19(23-20)25-14-7-4-8-15-25/h3,5-6,10-11,16H,4,7-9,12-15H2,1-2H3,(H,21,22,23). The smallest absolute Gasteiger partial charge is 0.225 e. The van der Waals surface area contributed by atoms with E-state index in [1.54, 1.807) is 0 Å². The van der Waals surface area contributed by atoms with E-state index < -0.39 is 0 Å². The van der Waals surface area contributed by atoms with Crippen molar-refractivity contribution >= 4 is 11.8 Å². The molecule has 0 amide bonds. The topological polar surface area (TPSA) is 44.3 Å². The van der Waals surface area contributed by atoms with Gasteiger partial charge in [0.15, 0.2) is 0 Å². The molecule has 1 aliphatic rings. The predicted octanol–water partition coefficient (Wildman–Crippen LogP) is 3.50. The molecule has 1 saturated heterocycles. The number of piperidine rings is 1. The number of hydrogen-bond acceptors (Lipinski definition) is 5. The van der Waals surface area contributed by atoms with Crippen LogP contribution in [0, 0.1) is 0 Å². The summed E-state index contributed by atoms with van der Waals surface area (Å²) in [5.74, 6) is 1.78. The summed E-state index contributed by atoms with van der Waals surface area (Å²) in [7, 11) is 4.20. The number of nitrogens with zero attached hydrogens (tertiary/aromatic N) is 4. The molecule has 134 valence electrons. The minimum Gasteiger partial charge on any atom is -0.356 e. The van der Waals surface area contributed by atoms with Crippen LogP contribution in [0.1, 0.15) is 25.7 Å². The van der Waals surface area contributed by atoms with E-state index in [-0.39, 0.29) is 0 Å². The van der Waals surface area contributed by atoms with E-state index in [1.165, 1.54) is 19.3 Å². The molecular weight excluding hydrogens is 310 g/mol. The quantitative estimate of drug-likeness (QED) is 0.782. The highest BCUT2D eigenvalue weighted by atomic mass is 15.2. The molecule has 0 unspecified atom stereocenters. The molecule has 0 radical (unpaired) electrons. The highest BCUT2D eigenvalue weighted by Gasteiger charge is 2.15. The summed E-state index contributed by atoms with van der Waals surface area (Å²) in [6, 6.07) is 12.5. The van der Waals surface area contributed by atoms with Gasteiger partial charge in [0.1, 0.15) is 5.82 Å². The van der Waals surface area contributed by atoms with Crippen molar-refractivity contribution in [2.24, 2.45) is 0 Å². The predicted molar refractivity (Wildman–Crippen MR) is 105 cm³/mol. The second-order valence-corrected chi connectivity index (χ2v) is 6.93. The molecule has 1 aromatic heterocycles. The van der Waals surface area contributed by atoms with Gasteiger partial charge in [0.2, 0.25) is 5.95 Å². The van der Waals surface area contributed by atoms with Crippen LogP contribution in [0.3, 0.4) is 0 Å². The Balaban J connectivity index is 1.80. The summed E-state index contributed by atoms with van der Waals surface area (Å²) in [4.78, 5) is 14.1. The van der Waals surface area contributed by atoms with Crippen LogP contribution in [0.5, 0.6) is 0 Å². The summed E-state index contributed by atoms with van der Waals surface area (Å²) in [5, 5.41) is 3.41. The van der Waals surface area contributed by atoms with Gasteiger partial charge in [-0.25, -0.2) is 4.98 Å². The molecule has 0 aliphatic carbocycles. The number of benzene rings is 1. The van der Waals surface area contributed by atoms with Crippen molar-refractivity contribution in [1.82, 2.24) is 14.9 Å². The van der Waals surface area contributed by atoms with Crippen LogP contribution >= 0.6 is 0 Å². The average molecular weight is 339 g/mol. The third kappa shape index (κ3) is 5.16. The Labute approximate surface area is 151 Å². The van der Waals surface area contributed by atoms with Gasteiger partial charge in [-0.05, 0) is 46.3 Å². The van der Waals surface area contributed by atoms with Crippen molar-refractivity contribution in [3.63, 3.8) is 0 Å². The zero-order valence-electron chi connectivity index (χ0n) is 15.4. The number of nitrogens with one attached hydrogen (secondary N) is 1. The number of hydrogen-bond donors (Lipinski definition) is 1. The second-order valence-electron chi connectivity index (χ2n) is 6.93. The molecule has 0 atom stereocenters. The lowest BCUT2D eigenvalue weighted by atomic mass is 10.1. The SMILES string of the molecule is CN(C)CCCNc1nc(-c2ccccc2)cc(N2CCCCC2)n1. The first-order valence-corrected chi connectivity index (χ1v) is 9.30. The normalized spacial score (nSPS) is 14.8. The monoisotopic (exact) mass is 339 g/mol. The molecule has 0 bridgehead atoms. The van der Waals surface area contributed by atoms with E-state index >= 15 is 0 Å². The lowest BCUT2D eigenvalue weighted by molar-refractivity contribution is 0.405. The van der Waals surface area contributed by atoms with Gasteiger partial charge in [0.25, 0.3) is 0 Å². The number of anilines is 2. The molecular formula is C20H29N5. The van der Waals surface area contributed by atoms with E-state index in [0.717, 1.165) is 55.6 Å². The zero-order valence-corrected chi connectivity index (χ0v) is 15.4. The lowest BCUT2D eigenvalue weighted by Crippen LogP contribution is -2.30. The van der Waals surface area contributed by atoms with E-state index in [0.29, 0.717) is 0 Å². The maximum absolute atomic E-state index is 4.79. The molecule has 25 heavy (non-hydrogen) atoms. The van der Waals surface area contributed by atoms with Crippen LogP contribution in [0.15, 0.2) is 36.4 Å². The summed E-state index contributed by atoms with van der Waals surface area (Å²) in [6.07, 6.45) is 4.89. The van der Waals surface area contributed by atoms with Crippen molar-refractivity contribution in [2.45, 2.75) is 25.7 Å². The first kappa shape index (κ1) is 17.7. The van der Waals surface area contributed by atoms with Crippen molar-refractivity contribution in [3.8, 4) is 11.3 Å². The minimum atomic E-state index is 0.737. The Morgan fingerprint density at radius 1 is 1.04 bits per heavy atom. The fourth-order valence-electron chi connectivity index (χ4n) is 3.15. The van der Waals surface area contributed by atoms with Crippen LogP contribution in [-0.4, -0.2) is 55.1 Å². The summed E-state index contributed by atoms with van der Waals surface area (Å²) in [5.41, 5.74) is 2.13. The Morgan fingerprint density at radius 2 is 1.80 bits per heavy atom. The molecule has 5 heteroatoms. The Kier molecular flexibility index (Phi) is 6.23. The molecule has 1 fully saturated rings. The van der Waals surface area contributed by atoms with E-state index in [4.69, 9.17) is 9.97 Å². The molecule has 2 aromatic rings. The number of rotatable bonds is 7. The van der Waals surface area contributed by atoms with Gasteiger partial charge < -0.3 is 15.1 Å². The van der Waals surface area contributed by atoms with Gasteiger partial charge >= 0.3 is 0 Å². The maximum atomic E-state index is 4.79. The third-order valence-corrected chi connectivity index (χ3v) is 4.53. The van der Waals surface area contributed by atoms with Crippen molar-refractivity contribution in [3.05, 3.63) is 36.4 Å². The molecule has 0 saturated carbocycles. The molecule has 3 rings (SSSR count). The van der Waals surface area contributed by atoms with Gasteiger partial charge in [0.05, 0.1) is 5.69 Å². The van der Waals surface area contributed by atoms with Crippen LogP contribution in [-0.2, 0) is 0 Å². The Morgan fingerprint density at radius 3 is 2.52 bits per heavy atom. The molecule has 1 aromatic carbocycles. The molecule has 5 nitrogen and oxygen atoms in total. The Bertz CT molecular complexity index is 650. The molecule has 1 N–H and O–H groups in total. The maximum Gasteiger partial charge on any atom is 0.225 e. The minimum absolute atomic E-state index is 0.737. The van der Waals surface area contributed by atoms with Gasteiger partial charge in [-0.15, -0.1) is 0 Å². The van der Waals surface area contributed by atoms with Crippen molar-refractivity contribution in [1.29, 1.82) is 0 Å². The number of aromatic nitrogens is 2. The van der Waals surface area contributed by atoms with Crippen LogP contribution in [0.4, 0.5) is 11.8 Å². The molecule has 2 heterocycles. The van der Waals surface area contributed by atoms with E-state index in [1.807, 2.05) is 6.07 Å². The van der Waals surface area contributed by atoms with Gasteiger partial charge in [-0.2, -0.15) is 4.98 Å². The first-order valence-electron chi connectivity index (χ1n) is 9.30. The fourth-order valence-corrected chi connectivity index (χ4v) is 3.15. The first-order chi connectivity index (χ1) is 12.2. The van der Waals surface area contributed by atoms with Gasteiger partial charge in [-0.1, -0.05) is 30.3 Å². The summed E-state index contributed by atoms with van der Waals surface area (Å²) in [6.45, 7) is 4.12.